The Labute approximate surface area is 123 Å². The molecule has 114 valence electrons. The van der Waals surface area contributed by atoms with E-state index in [1.165, 1.54) is 44.0 Å². The topological polar surface area (TPSA) is 69.0 Å². The quantitative estimate of drug-likeness (QED) is 0.817. The van der Waals surface area contributed by atoms with Crippen LogP contribution in [0.15, 0.2) is 45.9 Å². The molecule has 1 aromatic carbocycles. The van der Waals surface area contributed by atoms with Crippen molar-refractivity contribution >= 4 is 10.0 Å². The number of furan rings is 1. The summed E-state index contributed by atoms with van der Waals surface area (Å²) < 4.78 is 41.6. The molecule has 0 saturated heterocycles. The van der Waals surface area contributed by atoms with Crippen LogP contribution in [0.3, 0.4) is 0 Å². The van der Waals surface area contributed by atoms with E-state index >= 15 is 0 Å². The number of benzene rings is 1. The molecule has 0 saturated carbocycles. The van der Waals surface area contributed by atoms with Crippen molar-refractivity contribution in [3.05, 3.63) is 42.4 Å². The first-order chi connectivity index (χ1) is 9.98. The van der Waals surface area contributed by atoms with Gasteiger partial charge in [-0.2, -0.15) is 4.31 Å². The lowest BCUT2D eigenvalue weighted by Gasteiger charge is -2.17. The molecule has 0 amide bonds. The lowest BCUT2D eigenvalue weighted by Crippen LogP contribution is -2.26. The number of hydrogen-bond acceptors (Lipinski definition) is 5. The first-order valence-corrected chi connectivity index (χ1v) is 7.64. The standard InChI is InChI=1S/C14H17NO5S/c1-15(10-11-5-4-8-20-11)21(16,17)12-6-7-13(18-2)14(9-12)19-3/h4-9H,10H2,1-3H3. The number of rotatable bonds is 6. The van der Waals surface area contributed by atoms with E-state index in [1.807, 2.05) is 0 Å². The van der Waals surface area contributed by atoms with Crippen LogP contribution in [-0.4, -0.2) is 34.0 Å². The first kappa shape index (κ1) is 15.4. The van der Waals surface area contributed by atoms with E-state index in [2.05, 4.69) is 0 Å². The molecule has 0 N–H and O–H groups in total. The Morgan fingerprint density at radius 2 is 1.86 bits per heavy atom. The van der Waals surface area contributed by atoms with Crippen LogP contribution in [0.5, 0.6) is 11.5 Å². The summed E-state index contributed by atoms with van der Waals surface area (Å²) in [7, 11) is 0.814. The molecule has 1 aromatic heterocycles. The third-order valence-electron chi connectivity index (χ3n) is 3.02. The van der Waals surface area contributed by atoms with Gasteiger partial charge in [-0.1, -0.05) is 0 Å². The Morgan fingerprint density at radius 3 is 2.43 bits per heavy atom. The Hall–Kier alpha value is -1.99. The normalized spacial score (nSPS) is 11.6. The second kappa shape index (κ2) is 6.19. The van der Waals surface area contributed by atoms with Gasteiger partial charge in [0, 0.05) is 13.1 Å². The molecule has 0 bridgehead atoms. The number of nitrogens with zero attached hydrogens (tertiary/aromatic N) is 1. The molecule has 0 fully saturated rings. The predicted molar refractivity (Wildman–Crippen MR) is 76.9 cm³/mol. The summed E-state index contributed by atoms with van der Waals surface area (Å²) in [4.78, 5) is 0.134. The third kappa shape index (κ3) is 3.20. The SMILES string of the molecule is COc1ccc(S(=O)(=O)N(C)Cc2ccco2)cc1OC. The van der Waals surface area contributed by atoms with Crippen molar-refractivity contribution in [1.82, 2.24) is 4.31 Å². The smallest absolute Gasteiger partial charge is 0.243 e. The summed E-state index contributed by atoms with van der Waals surface area (Å²) in [5, 5.41) is 0. The zero-order valence-electron chi connectivity index (χ0n) is 12.1. The van der Waals surface area contributed by atoms with Crippen molar-refractivity contribution < 1.29 is 22.3 Å². The van der Waals surface area contributed by atoms with E-state index < -0.39 is 10.0 Å². The molecule has 1 heterocycles. The molecule has 0 spiro atoms. The number of ether oxygens (including phenoxy) is 2. The lowest BCUT2D eigenvalue weighted by atomic mass is 10.3. The summed E-state index contributed by atoms with van der Waals surface area (Å²) in [5.74, 6) is 1.41. The minimum Gasteiger partial charge on any atom is -0.493 e. The van der Waals surface area contributed by atoms with Gasteiger partial charge >= 0.3 is 0 Å². The maximum Gasteiger partial charge on any atom is 0.243 e. The third-order valence-corrected chi connectivity index (χ3v) is 4.82. The fourth-order valence-electron chi connectivity index (χ4n) is 1.86. The van der Waals surface area contributed by atoms with Crippen molar-refractivity contribution in [3.8, 4) is 11.5 Å². The van der Waals surface area contributed by atoms with Gasteiger partial charge in [-0.25, -0.2) is 8.42 Å². The van der Waals surface area contributed by atoms with E-state index in [0.29, 0.717) is 17.3 Å². The van der Waals surface area contributed by atoms with Gasteiger partial charge in [-0.05, 0) is 24.3 Å². The summed E-state index contributed by atoms with van der Waals surface area (Å²) in [6.45, 7) is 0.156. The fourth-order valence-corrected chi connectivity index (χ4v) is 3.02. The highest BCUT2D eigenvalue weighted by Gasteiger charge is 2.23. The monoisotopic (exact) mass is 311 g/mol. The highest BCUT2D eigenvalue weighted by atomic mass is 32.2. The number of hydrogen-bond donors (Lipinski definition) is 0. The van der Waals surface area contributed by atoms with Crippen molar-refractivity contribution in [2.24, 2.45) is 0 Å². The Balaban J connectivity index is 2.30. The van der Waals surface area contributed by atoms with Crippen LogP contribution in [-0.2, 0) is 16.6 Å². The van der Waals surface area contributed by atoms with Gasteiger partial charge in [0.1, 0.15) is 5.76 Å². The van der Waals surface area contributed by atoms with Crippen molar-refractivity contribution in [3.63, 3.8) is 0 Å². The highest BCUT2D eigenvalue weighted by Crippen LogP contribution is 2.30. The summed E-state index contributed by atoms with van der Waals surface area (Å²) in [6.07, 6.45) is 1.51. The van der Waals surface area contributed by atoms with Gasteiger partial charge in [0.25, 0.3) is 0 Å². The molecule has 0 unspecified atom stereocenters. The van der Waals surface area contributed by atoms with Crippen LogP contribution in [0.2, 0.25) is 0 Å². The zero-order chi connectivity index (χ0) is 15.5. The molecular formula is C14H17NO5S. The minimum absolute atomic E-state index is 0.134. The van der Waals surface area contributed by atoms with Gasteiger partial charge < -0.3 is 13.9 Å². The summed E-state index contributed by atoms with van der Waals surface area (Å²) in [5.41, 5.74) is 0. The minimum atomic E-state index is -3.63. The molecule has 7 heteroatoms. The van der Waals surface area contributed by atoms with Crippen LogP contribution >= 0.6 is 0 Å². The molecule has 21 heavy (non-hydrogen) atoms. The number of methoxy groups -OCH3 is 2. The zero-order valence-corrected chi connectivity index (χ0v) is 12.9. The van der Waals surface area contributed by atoms with Crippen LogP contribution in [0, 0.1) is 0 Å². The molecule has 0 atom stereocenters. The van der Waals surface area contributed by atoms with Crippen LogP contribution < -0.4 is 9.47 Å². The molecule has 2 rings (SSSR count). The van der Waals surface area contributed by atoms with Gasteiger partial charge in [0.2, 0.25) is 10.0 Å². The van der Waals surface area contributed by atoms with E-state index in [0.717, 1.165) is 0 Å². The van der Waals surface area contributed by atoms with Gasteiger partial charge in [-0.15, -0.1) is 0 Å². The van der Waals surface area contributed by atoms with Crippen LogP contribution in [0.25, 0.3) is 0 Å². The Kier molecular flexibility index (Phi) is 4.54. The summed E-state index contributed by atoms with van der Waals surface area (Å²) >= 11 is 0. The Morgan fingerprint density at radius 1 is 1.14 bits per heavy atom. The van der Waals surface area contributed by atoms with E-state index in [9.17, 15) is 8.42 Å². The van der Waals surface area contributed by atoms with Crippen LogP contribution in [0.4, 0.5) is 0 Å². The average molecular weight is 311 g/mol. The second-order valence-electron chi connectivity index (χ2n) is 4.36. The van der Waals surface area contributed by atoms with Gasteiger partial charge in [-0.3, -0.25) is 0 Å². The lowest BCUT2D eigenvalue weighted by molar-refractivity contribution is 0.353. The Bertz CT molecular complexity index is 694. The van der Waals surface area contributed by atoms with E-state index in [1.54, 1.807) is 18.2 Å². The van der Waals surface area contributed by atoms with E-state index in [-0.39, 0.29) is 11.4 Å². The van der Waals surface area contributed by atoms with Crippen LogP contribution in [0.1, 0.15) is 5.76 Å². The first-order valence-electron chi connectivity index (χ1n) is 6.19. The largest absolute Gasteiger partial charge is 0.493 e. The maximum atomic E-state index is 12.5. The van der Waals surface area contributed by atoms with E-state index in [4.69, 9.17) is 13.9 Å². The highest BCUT2D eigenvalue weighted by molar-refractivity contribution is 7.89. The molecule has 0 radical (unpaired) electrons. The maximum absolute atomic E-state index is 12.5. The molecule has 0 aliphatic rings. The molecule has 6 nitrogen and oxygen atoms in total. The van der Waals surface area contributed by atoms with Crippen molar-refractivity contribution in [2.45, 2.75) is 11.4 Å². The predicted octanol–water partition coefficient (Wildman–Crippen LogP) is 2.12. The average Bonchev–Trinajstić information content (AvgIpc) is 2.99. The molecule has 2 aromatic rings. The van der Waals surface area contributed by atoms with Gasteiger partial charge in [0.05, 0.1) is 31.9 Å². The van der Waals surface area contributed by atoms with Crippen molar-refractivity contribution in [2.75, 3.05) is 21.3 Å². The summed E-state index contributed by atoms with van der Waals surface area (Å²) in [6, 6.07) is 7.92. The second-order valence-corrected chi connectivity index (χ2v) is 6.40. The van der Waals surface area contributed by atoms with Gasteiger partial charge in [0.15, 0.2) is 11.5 Å². The van der Waals surface area contributed by atoms with Crippen molar-refractivity contribution in [1.29, 1.82) is 0 Å². The molecular weight excluding hydrogens is 294 g/mol. The molecule has 0 aliphatic carbocycles. The number of sulfonamides is 1. The molecule has 0 aliphatic heterocycles. The fraction of sp³-hybridized carbons (Fsp3) is 0.286.